The topological polar surface area (TPSA) is 76.1 Å². The maximum Gasteiger partial charge on any atom is 0.302 e. The van der Waals surface area contributed by atoms with E-state index in [-0.39, 0.29) is 31.6 Å². The number of esters is 1. The van der Waals surface area contributed by atoms with Crippen LogP contribution in [0.1, 0.15) is 50.5 Å². The van der Waals surface area contributed by atoms with Crippen molar-refractivity contribution in [1.29, 1.82) is 0 Å². The fourth-order valence-corrected chi connectivity index (χ4v) is 3.99. The molecule has 8 heteroatoms. The lowest BCUT2D eigenvalue weighted by atomic mass is 10.00. The van der Waals surface area contributed by atoms with E-state index in [1.807, 2.05) is 38.1 Å². The van der Waals surface area contributed by atoms with Gasteiger partial charge in [0.25, 0.3) is 0 Å². The van der Waals surface area contributed by atoms with E-state index < -0.39 is 12.1 Å². The molecule has 0 aromatic heterocycles. The molecule has 0 aliphatic heterocycles. The van der Waals surface area contributed by atoms with E-state index in [0.29, 0.717) is 34.3 Å². The van der Waals surface area contributed by atoms with Crippen molar-refractivity contribution in [2.45, 2.75) is 52.7 Å². The summed E-state index contributed by atoms with van der Waals surface area (Å²) in [5.41, 5.74) is 2.18. The van der Waals surface area contributed by atoms with Crippen LogP contribution in [0.25, 0.3) is 0 Å². The highest BCUT2D eigenvalue weighted by molar-refractivity contribution is 6.42. The maximum atomic E-state index is 13.1. The second-order valence-electron chi connectivity index (χ2n) is 8.07. The molecule has 33 heavy (non-hydrogen) atoms. The molecule has 1 amide bonds. The van der Waals surface area contributed by atoms with Crippen molar-refractivity contribution in [3.63, 3.8) is 0 Å². The molecule has 1 N–H and O–H groups in total. The van der Waals surface area contributed by atoms with Crippen LogP contribution < -0.4 is 4.74 Å². The number of halogens is 2. The number of carbonyl (C=O) groups is 2. The summed E-state index contributed by atoms with van der Waals surface area (Å²) < 4.78 is 10.8. The summed E-state index contributed by atoms with van der Waals surface area (Å²) in [6, 6.07) is 10.9. The first-order chi connectivity index (χ1) is 15.6. The number of amides is 1. The summed E-state index contributed by atoms with van der Waals surface area (Å²) in [6.45, 7) is 7.56. The standard InChI is InChI=1S/C25H31Cl2NO5/c1-16(2)33-21-7-5-6-19(14-21)15-23(31)28(12-13-32-18(4)30)11-10-20-8-9-22(26)25(27)24(20)17(3)29/h5-9,14,16-17,29H,10-13,15H2,1-4H3. The smallest absolute Gasteiger partial charge is 0.302 e. The minimum Gasteiger partial charge on any atom is -0.491 e. The van der Waals surface area contributed by atoms with Crippen LogP contribution in [-0.2, 0) is 27.2 Å². The van der Waals surface area contributed by atoms with Gasteiger partial charge in [-0.2, -0.15) is 0 Å². The molecule has 180 valence electrons. The molecule has 0 bridgehead atoms. The average Bonchev–Trinajstić information content (AvgIpc) is 2.72. The van der Waals surface area contributed by atoms with Crippen molar-refractivity contribution in [3.05, 3.63) is 63.1 Å². The van der Waals surface area contributed by atoms with Gasteiger partial charge in [0.2, 0.25) is 5.91 Å². The Kier molecular flexibility index (Phi) is 10.5. The Morgan fingerprint density at radius 3 is 2.45 bits per heavy atom. The predicted molar refractivity (Wildman–Crippen MR) is 130 cm³/mol. The van der Waals surface area contributed by atoms with Crippen LogP contribution in [0.15, 0.2) is 36.4 Å². The van der Waals surface area contributed by atoms with Crippen molar-refractivity contribution in [3.8, 4) is 5.75 Å². The zero-order valence-corrected chi connectivity index (χ0v) is 20.9. The first-order valence-electron chi connectivity index (χ1n) is 10.9. The van der Waals surface area contributed by atoms with Crippen molar-refractivity contribution in [2.75, 3.05) is 19.7 Å². The van der Waals surface area contributed by atoms with E-state index in [0.717, 1.165) is 11.1 Å². The third-order valence-corrected chi connectivity index (χ3v) is 5.76. The molecule has 0 fully saturated rings. The van der Waals surface area contributed by atoms with Gasteiger partial charge in [-0.3, -0.25) is 9.59 Å². The van der Waals surface area contributed by atoms with Crippen LogP contribution in [0.5, 0.6) is 5.75 Å². The van der Waals surface area contributed by atoms with Gasteiger partial charge in [0.05, 0.1) is 35.2 Å². The predicted octanol–water partition coefficient (Wildman–Crippen LogP) is 5.01. The molecule has 2 rings (SSSR count). The lowest BCUT2D eigenvalue weighted by Gasteiger charge is -2.24. The van der Waals surface area contributed by atoms with E-state index in [1.54, 1.807) is 24.0 Å². The lowest BCUT2D eigenvalue weighted by molar-refractivity contribution is -0.143. The Labute approximate surface area is 205 Å². The Bertz CT molecular complexity index is 962. The summed E-state index contributed by atoms with van der Waals surface area (Å²) in [5.74, 6) is 0.198. The number of rotatable bonds is 11. The van der Waals surface area contributed by atoms with Gasteiger partial charge in [-0.1, -0.05) is 41.4 Å². The second kappa shape index (κ2) is 12.8. The molecule has 1 unspecified atom stereocenters. The van der Waals surface area contributed by atoms with Crippen LogP contribution in [-0.4, -0.2) is 47.7 Å². The van der Waals surface area contributed by atoms with Crippen LogP contribution in [0, 0.1) is 0 Å². The van der Waals surface area contributed by atoms with E-state index in [9.17, 15) is 14.7 Å². The Balaban J connectivity index is 2.17. The molecule has 0 aliphatic rings. The lowest BCUT2D eigenvalue weighted by Crippen LogP contribution is -2.37. The molecule has 1 atom stereocenters. The molecule has 0 spiro atoms. The third-order valence-electron chi connectivity index (χ3n) is 4.94. The largest absolute Gasteiger partial charge is 0.491 e. The summed E-state index contributed by atoms with van der Waals surface area (Å²) in [6.07, 6.45) is -0.134. The number of ether oxygens (including phenoxy) is 2. The van der Waals surface area contributed by atoms with Crippen LogP contribution in [0.2, 0.25) is 10.0 Å². The minimum absolute atomic E-state index is 0.0329. The van der Waals surface area contributed by atoms with Gasteiger partial charge in [0.1, 0.15) is 12.4 Å². The number of aliphatic hydroxyl groups excluding tert-OH is 1. The van der Waals surface area contributed by atoms with E-state index in [4.69, 9.17) is 32.7 Å². The third kappa shape index (κ3) is 8.54. The van der Waals surface area contributed by atoms with Crippen LogP contribution >= 0.6 is 23.2 Å². The highest BCUT2D eigenvalue weighted by Crippen LogP contribution is 2.33. The number of carbonyl (C=O) groups excluding carboxylic acids is 2. The van der Waals surface area contributed by atoms with Gasteiger partial charge >= 0.3 is 5.97 Å². The van der Waals surface area contributed by atoms with Crippen molar-refractivity contribution in [1.82, 2.24) is 4.90 Å². The van der Waals surface area contributed by atoms with Gasteiger partial charge in [-0.25, -0.2) is 0 Å². The van der Waals surface area contributed by atoms with Gasteiger partial charge < -0.3 is 19.5 Å². The van der Waals surface area contributed by atoms with Gasteiger partial charge in [0, 0.05) is 19.0 Å². The highest BCUT2D eigenvalue weighted by Gasteiger charge is 2.19. The minimum atomic E-state index is -0.805. The number of hydrogen-bond donors (Lipinski definition) is 1. The molecule has 0 radical (unpaired) electrons. The first kappa shape index (κ1) is 27.0. The Hall–Kier alpha value is -2.28. The second-order valence-corrected chi connectivity index (χ2v) is 8.86. The average molecular weight is 496 g/mol. The van der Waals surface area contributed by atoms with E-state index in [2.05, 4.69) is 0 Å². The summed E-state index contributed by atoms with van der Waals surface area (Å²) >= 11 is 12.4. The van der Waals surface area contributed by atoms with Crippen molar-refractivity contribution in [2.24, 2.45) is 0 Å². The molecule has 6 nitrogen and oxygen atoms in total. The molecule has 0 saturated carbocycles. The van der Waals surface area contributed by atoms with E-state index in [1.165, 1.54) is 6.92 Å². The van der Waals surface area contributed by atoms with Gasteiger partial charge in [-0.05, 0) is 56.5 Å². The number of nitrogens with zero attached hydrogens (tertiary/aromatic N) is 1. The zero-order chi connectivity index (χ0) is 24.5. The Morgan fingerprint density at radius 1 is 1.09 bits per heavy atom. The summed E-state index contributed by atoms with van der Waals surface area (Å²) in [4.78, 5) is 26.0. The molecule has 2 aromatic rings. The maximum absolute atomic E-state index is 13.1. The molecule has 0 aliphatic carbocycles. The quantitative estimate of drug-likeness (QED) is 0.443. The fourth-order valence-electron chi connectivity index (χ4n) is 3.48. The van der Waals surface area contributed by atoms with Crippen LogP contribution in [0.4, 0.5) is 0 Å². The summed E-state index contributed by atoms with van der Waals surface area (Å²) in [7, 11) is 0. The van der Waals surface area contributed by atoms with Gasteiger partial charge in [0.15, 0.2) is 0 Å². The molecular formula is C25H31Cl2NO5. The molecule has 0 saturated heterocycles. The number of aliphatic hydroxyl groups is 1. The molecule has 0 heterocycles. The zero-order valence-electron chi connectivity index (χ0n) is 19.4. The van der Waals surface area contributed by atoms with Gasteiger partial charge in [-0.15, -0.1) is 0 Å². The molecule has 2 aromatic carbocycles. The first-order valence-corrected chi connectivity index (χ1v) is 11.7. The van der Waals surface area contributed by atoms with Crippen molar-refractivity contribution < 1.29 is 24.2 Å². The number of benzene rings is 2. The van der Waals surface area contributed by atoms with Crippen LogP contribution in [0.3, 0.4) is 0 Å². The van der Waals surface area contributed by atoms with Crippen molar-refractivity contribution >= 4 is 35.1 Å². The SMILES string of the molecule is CC(=O)OCCN(CCc1ccc(Cl)c(Cl)c1C(C)O)C(=O)Cc1cccc(OC(C)C)c1. The Morgan fingerprint density at radius 2 is 1.82 bits per heavy atom. The monoisotopic (exact) mass is 495 g/mol. The summed E-state index contributed by atoms with van der Waals surface area (Å²) in [5, 5.41) is 10.8. The number of hydrogen-bond acceptors (Lipinski definition) is 5. The highest BCUT2D eigenvalue weighted by atomic mass is 35.5. The normalized spacial score (nSPS) is 11.9. The fraction of sp³-hybridized carbons (Fsp3) is 0.440. The van der Waals surface area contributed by atoms with E-state index >= 15 is 0 Å². The molecular weight excluding hydrogens is 465 g/mol.